The minimum absolute atomic E-state index is 0. The van der Waals surface area contributed by atoms with Crippen LogP contribution in [0.25, 0.3) is 22.3 Å². The Balaban J connectivity index is 0.00000137. The second-order valence-electron chi connectivity index (χ2n) is 9.97. The predicted molar refractivity (Wildman–Crippen MR) is 153 cm³/mol. The molecule has 0 unspecified atom stereocenters. The molecule has 0 N–H and O–H groups in total. The van der Waals surface area contributed by atoms with E-state index in [4.69, 9.17) is 0 Å². The van der Waals surface area contributed by atoms with E-state index in [2.05, 4.69) is 106 Å². The number of hydrogen-bond acceptors (Lipinski definition) is 0. The van der Waals surface area contributed by atoms with Crippen molar-refractivity contribution in [2.75, 3.05) is 0 Å². The van der Waals surface area contributed by atoms with Gasteiger partial charge in [-0.25, -0.2) is 0 Å². The molecule has 4 heteroatoms. The van der Waals surface area contributed by atoms with Crippen LogP contribution in [0.2, 0.25) is 9.45 Å². The van der Waals surface area contributed by atoms with E-state index in [1.165, 1.54) is 42.8 Å². The van der Waals surface area contributed by atoms with Gasteiger partial charge in [0, 0.05) is 0 Å². The van der Waals surface area contributed by atoms with Crippen LogP contribution in [-0.4, -0.2) is 7.63 Å². The Bertz CT molecular complexity index is 1360. The van der Waals surface area contributed by atoms with Crippen molar-refractivity contribution >= 4 is 40.2 Å². The molecule has 4 aromatic rings. The summed E-state index contributed by atoms with van der Waals surface area (Å²) in [4.78, 5) is 0. The summed E-state index contributed by atoms with van der Waals surface area (Å²) in [5.41, 5.74) is 12.1. The fourth-order valence-corrected chi connectivity index (χ4v) is 17.9. The van der Waals surface area contributed by atoms with Gasteiger partial charge in [-0.05, 0) is 0 Å². The summed E-state index contributed by atoms with van der Waals surface area (Å²) in [7, 11) is 2.44. The first-order chi connectivity index (χ1) is 15.6. The van der Waals surface area contributed by atoms with Gasteiger partial charge >= 0.3 is 195 Å². The minimum Gasteiger partial charge on any atom is -0.147 e. The molecule has 2 aliphatic rings. The third-order valence-corrected chi connectivity index (χ3v) is 27.3. The van der Waals surface area contributed by atoms with Crippen LogP contribution < -0.4 is 7.74 Å². The summed E-state index contributed by atoms with van der Waals surface area (Å²) >= 11 is -3.28. The van der Waals surface area contributed by atoms with Crippen LogP contribution in [0.4, 0.5) is 0 Å². The van der Waals surface area contributed by atoms with E-state index in [0.717, 1.165) is 12.8 Å². The summed E-state index contributed by atoms with van der Waals surface area (Å²) in [6.45, 7) is 4.97. The molecule has 0 saturated heterocycles. The quantitative estimate of drug-likeness (QED) is 0.218. The third kappa shape index (κ3) is 3.36. The fraction of sp³-hybridized carbons (Fsp3) is 0.200. The molecule has 0 heterocycles. The van der Waals surface area contributed by atoms with Crippen molar-refractivity contribution < 1.29 is 14.0 Å². The summed E-state index contributed by atoms with van der Waals surface area (Å²) in [6.07, 6.45) is 2.18. The molecular weight excluding hydrogens is 507 g/mol. The molecule has 0 spiro atoms. The molecule has 0 nitrogen and oxygen atoms in total. The van der Waals surface area contributed by atoms with Crippen molar-refractivity contribution in [3.05, 3.63) is 107 Å². The smallest absolute Gasteiger partial charge is 0.147 e. The van der Waals surface area contributed by atoms with E-state index in [1.54, 1.807) is 18.9 Å². The molecule has 2 aliphatic carbocycles. The summed E-state index contributed by atoms with van der Waals surface area (Å²) in [5.74, 6) is 0. The maximum atomic E-state index is 2.52. The van der Waals surface area contributed by atoms with Crippen molar-refractivity contribution in [2.45, 2.75) is 36.1 Å². The van der Waals surface area contributed by atoms with Gasteiger partial charge in [0.1, 0.15) is 0 Å². The Kier molecular flexibility index (Phi) is 6.83. The topological polar surface area (TPSA) is 0 Å². The average molecular weight is 539 g/mol. The molecule has 6 rings (SSSR count). The van der Waals surface area contributed by atoms with Crippen molar-refractivity contribution in [1.82, 2.24) is 0 Å². The molecule has 0 aliphatic heterocycles. The molecular formula is C30H32Cl2SiTi. The molecule has 0 bridgehead atoms. The Morgan fingerprint density at radius 3 is 1.35 bits per heavy atom. The molecule has 174 valence electrons. The zero-order valence-electron chi connectivity index (χ0n) is 19.9. The number of fused-ring (bicyclic) bond motifs is 6. The van der Waals surface area contributed by atoms with Gasteiger partial charge < -0.3 is 0 Å². The van der Waals surface area contributed by atoms with Gasteiger partial charge in [-0.1, -0.05) is 0 Å². The van der Waals surface area contributed by atoms with Gasteiger partial charge in [0.2, 0.25) is 0 Å². The molecule has 0 amide bonds. The number of benzene rings is 4. The number of halogens is 2. The SMILES string of the molecule is C[CH2][Ti](=[SiH2])([CH2]C)([c]1cccc2c1Cc1ccccc1-2)[c]1cccc2c1Cc1ccccc1-2.Cl.Cl. The monoisotopic (exact) mass is 538 g/mol. The van der Waals surface area contributed by atoms with E-state index in [-0.39, 0.29) is 24.8 Å². The van der Waals surface area contributed by atoms with Crippen molar-refractivity contribution in [2.24, 2.45) is 0 Å². The second kappa shape index (κ2) is 9.12. The molecule has 0 fully saturated rings. The maximum absolute atomic E-state index is 3.28. The molecule has 0 saturated carbocycles. The summed E-state index contributed by atoms with van der Waals surface area (Å²) in [6, 6.07) is 32.5. The molecule has 0 atom stereocenters. The first-order valence-corrected chi connectivity index (χ1v) is 19.8. The van der Waals surface area contributed by atoms with E-state index in [1.807, 2.05) is 0 Å². The largest absolute Gasteiger partial charge is 0.147 e. The third-order valence-electron chi connectivity index (χ3n) is 8.82. The van der Waals surface area contributed by atoms with E-state index >= 15 is 0 Å². The Hall–Kier alpha value is -1.61. The molecule has 0 radical (unpaired) electrons. The average Bonchev–Trinajstić information content (AvgIpc) is 3.42. The van der Waals surface area contributed by atoms with Crippen LogP contribution in [0.15, 0.2) is 84.9 Å². The first kappa shape index (κ1) is 25.5. The second-order valence-corrected chi connectivity index (χ2v) is 26.9. The van der Waals surface area contributed by atoms with Gasteiger partial charge in [0.05, 0.1) is 0 Å². The van der Waals surface area contributed by atoms with Gasteiger partial charge in [-0.2, -0.15) is 0 Å². The normalized spacial score (nSPS) is 13.1. The van der Waals surface area contributed by atoms with Crippen molar-refractivity contribution in [3.8, 4) is 22.3 Å². The summed E-state index contributed by atoms with van der Waals surface area (Å²) < 4.78 is 6.02. The Morgan fingerprint density at radius 1 is 0.559 bits per heavy atom. The standard InChI is InChI=1S/2C13H9.2C2H5.2ClH.H2Si.Ti/c2*1-3-7-12-10(5-1)9-11-6-2-4-8-13(11)12;2*1-2;;;;/h2*1-5,7-8H,9H2;2*1H2,2H3;2*1H;1H2;. The van der Waals surface area contributed by atoms with Crippen molar-refractivity contribution in [1.29, 1.82) is 0 Å². The predicted octanol–water partition coefficient (Wildman–Crippen LogP) is 6.74. The van der Waals surface area contributed by atoms with Gasteiger partial charge in [0.25, 0.3) is 0 Å². The minimum atomic E-state index is -3.28. The Morgan fingerprint density at radius 2 is 0.941 bits per heavy atom. The van der Waals surface area contributed by atoms with Crippen LogP contribution in [0, 0.1) is 0 Å². The zero-order chi connectivity index (χ0) is 21.9. The van der Waals surface area contributed by atoms with Crippen molar-refractivity contribution in [3.63, 3.8) is 0 Å². The maximum Gasteiger partial charge on any atom is -0.147 e. The van der Waals surface area contributed by atoms with Crippen LogP contribution in [0.1, 0.15) is 36.1 Å². The fourth-order valence-electron chi connectivity index (χ4n) is 6.70. The van der Waals surface area contributed by atoms with Gasteiger partial charge in [-0.3, -0.25) is 0 Å². The molecule has 4 aromatic carbocycles. The van der Waals surface area contributed by atoms with Crippen LogP contribution in [0.5, 0.6) is 0 Å². The van der Waals surface area contributed by atoms with E-state index < -0.39 is 14.0 Å². The van der Waals surface area contributed by atoms with Crippen LogP contribution in [-0.2, 0) is 26.9 Å². The van der Waals surface area contributed by atoms with Gasteiger partial charge in [0.15, 0.2) is 0 Å². The number of hydrogen-bond donors (Lipinski definition) is 0. The summed E-state index contributed by atoms with van der Waals surface area (Å²) in [5, 5.41) is 0. The first-order valence-electron chi connectivity index (χ1n) is 12.0. The van der Waals surface area contributed by atoms with E-state index in [9.17, 15) is 0 Å². The Labute approximate surface area is 218 Å². The zero-order valence-corrected chi connectivity index (χ0v) is 24.5. The number of rotatable bonds is 4. The van der Waals surface area contributed by atoms with Crippen LogP contribution in [0.3, 0.4) is 0 Å². The van der Waals surface area contributed by atoms with Gasteiger partial charge in [-0.15, -0.1) is 24.8 Å². The van der Waals surface area contributed by atoms with E-state index in [0.29, 0.717) is 0 Å². The van der Waals surface area contributed by atoms with Crippen LogP contribution >= 0.6 is 24.8 Å². The molecule has 0 aromatic heterocycles. The molecule has 34 heavy (non-hydrogen) atoms.